The summed E-state index contributed by atoms with van der Waals surface area (Å²) in [6.07, 6.45) is 2.76. The Balaban J connectivity index is 2.43. The molecule has 0 bridgehead atoms. The molecule has 0 spiro atoms. The van der Waals surface area contributed by atoms with Gasteiger partial charge in [0.15, 0.2) is 0 Å². The summed E-state index contributed by atoms with van der Waals surface area (Å²) in [5, 5.41) is 16.6. The zero-order valence-corrected chi connectivity index (χ0v) is 11.1. The van der Waals surface area contributed by atoms with Gasteiger partial charge in [-0.15, -0.1) is 0 Å². The van der Waals surface area contributed by atoms with Crippen molar-refractivity contribution in [1.29, 1.82) is 0 Å². The molecular formula is C12H18N4O3. The van der Waals surface area contributed by atoms with Gasteiger partial charge in [-0.2, -0.15) is 5.10 Å². The normalized spacial score (nSPS) is 17.4. The quantitative estimate of drug-likeness (QED) is 0.740. The molecule has 0 atom stereocenters. The van der Waals surface area contributed by atoms with Crippen LogP contribution in [0.3, 0.4) is 0 Å². The second kappa shape index (κ2) is 4.56. The lowest BCUT2D eigenvalue weighted by Crippen LogP contribution is -2.44. The third-order valence-electron chi connectivity index (χ3n) is 3.69. The van der Waals surface area contributed by atoms with E-state index in [1.165, 1.54) is 4.68 Å². The number of carboxylic acids is 1. The highest BCUT2D eigenvalue weighted by atomic mass is 16.4. The van der Waals surface area contributed by atoms with Crippen molar-refractivity contribution < 1.29 is 14.7 Å². The van der Waals surface area contributed by atoms with Gasteiger partial charge in [0.05, 0.1) is 5.69 Å². The van der Waals surface area contributed by atoms with Crippen LogP contribution in [-0.4, -0.2) is 32.3 Å². The van der Waals surface area contributed by atoms with Crippen molar-refractivity contribution in [1.82, 2.24) is 9.78 Å². The molecule has 1 aliphatic rings. The van der Waals surface area contributed by atoms with Gasteiger partial charge in [0.25, 0.3) is 5.91 Å². The Morgan fingerprint density at radius 3 is 2.47 bits per heavy atom. The van der Waals surface area contributed by atoms with Crippen molar-refractivity contribution in [2.75, 3.05) is 5.32 Å². The summed E-state index contributed by atoms with van der Waals surface area (Å²) >= 11 is 0. The van der Waals surface area contributed by atoms with Crippen LogP contribution in [0.4, 0.5) is 5.82 Å². The summed E-state index contributed by atoms with van der Waals surface area (Å²) in [5.74, 6) is -1.12. The first-order valence-electron chi connectivity index (χ1n) is 6.22. The molecule has 1 aromatic rings. The Morgan fingerprint density at radius 2 is 2.00 bits per heavy atom. The molecule has 1 amide bonds. The standard InChI is InChI=1S/C12H18N4O3/c1-7-8(9(13)17)10(16(2)15-7)14-12(11(18)19)5-3-4-6-12/h14H,3-6H2,1-2H3,(H2,13,17)(H,18,19). The molecular weight excluding hydrogens is 248 g/mol. The van der Waals surface area contributed by atoms with Crippen molar-refractivity contribution in [3.05, 3.63) is 11.3 Å². The molecule has 0 radical (unpaired) electrons. The van der Waals surface area contributed by atoms with E-state index in [1.807, 2.05) is 0 Å². The number of aryl methyl sites for hydroxylation is 2. The summed E-state index contributed by atoms with van der Waals surface area (Å²) in [4.78, 5) is 23.0. The number of carbonyl (C=O) groups excluding carboxylic acids is 1. The van der Waals surface area contributed by atoms with E-state index in [2.05, 4.69) is 10.4 Å². The number of amides is 1. The first-order valence-corrected chi connectivity index (χ1v) is 6.22. The minimum absolute atomic E-state index is 0.259. The van der Waals surface area contributed by atoms with Gasteiger partial charge >= 0.3 is 5.97 Å². The number of hydrogen-bond acceptors (Lipinski definition) is 4. The zero-order valence-electron chi connectivity index (χ0n) is 11.1. The van der Waals surface area contributed by atoms with Crippen LogP contribution in [0, 0.1) is 6.92 Å². The topological polar surface area (TPSA) is 110 Å². The third-order valence-corrected chi connectivity index (χ3v) is 3.69. The number of primary amides is 1. The molecule has 1 fully saturated rings. The number of rotatable bonds is 4. The summed E-state index contributed by atoms with van der Waals surface area (Å²) in [6, 6.07) is 0. The molecule has 104 valence electrons. The first kappa shape index (κ1) is 13.4. The number of carbonyl (C=O) groups is 2. The maximum atomic E-state index is 11.5. The lowest BCUT2D eigenvalue weighted by molar-refractivity contribution is -0.142. The van der Waals surface area contributed by atoms with Crippen molar-refractivity contribution in [3.8, 4) is 0 Å². The Kier molecular flexibility index (Phi) is 3.21. The van der Waals surface area contributed by atoms with Crippen molar-refractivity contribution >= 4 is 17.7 Å². The fourth-order valence-corrected chi connectivity index (χ4v) is 2.69. The molecule has 7 heteroatoms. The molecule has 1 saturated carbocycles. The summed E-state index contributed by atoms with van der Waals surface area (Å²) in [7, 11) is 1.66. The van der Waals surface area contributed by atoms with Crippen LogP contribution in [0.1, 0.15) is 41.7 Å². The largest absolute Gasteiger partial charge is 0.480 e. The lowest BCUT2D eigenvalue weighted by atomic mass is 9.97. The average molecular weight is 266 g/mol. The number of nitrogens with two attached hydrogens (primary N) is 1. The van der Waals surface area contributed by atoms with Crippen molar-refractivity contribution in [3.63, 3.8) is 0 Å². The predicted molar refractivity (Wildman–Crippen MR) is 68.9 cm³/mol. The monoisotopic (exact) mass is 266 g/mol. The number of anilines is 1. The molecule has 0 saturated heterocycles. The van der Waals surface area contributed by atoms with Gasteiger partial charge in [-0.1, -0.05) is 12.8 Å². The second-order valence-corrected chi connectivity index (χ2v) is 5.02. The maximum Gasteiger partial charge on any atom is 0.329 e. The zero-order chi connectivity index (χ0) is 14.2. The number of nitrogens with zero attached hydrogens (tertiary/aromatic N) is 2. The van der Waals surface area contributed by atoms with Crippen LogP contribution in [0.2, 0.25) is 0 Å². The highest BCUT2D eigenvalue weighted by Crippen LogP contribution is 2.34. The highest BCUT2D eigenvalue weighted by Gasteiger charge is 2.42. The number of nitrogens with one attached hydrogen (secondary N) is 1. The Hall–Kier alpha value is -2.05. The molecule has 1 aromatic heterocycles. The van der Waals surface area contributed by atoms with E-state index in [1.54, 1.807) is 14.0 Å². The molecule has 0 unspecified atom stereocenters. The van der Waals surface area contributed by atoms with Crippen LogP contribution in [0.5, 0.6) is 0 Å². The Bertz CT molecular complexity index is 529. The number of aliphatic carboxylic acids is 1. The molecule has 1 aliphatic carbocycles. The minimum atomic E-state index is -1.02. The van der Waals surface area contributed by atoms with E-state index in [-0.39, 0.29) is 5.56 Å². The second-order valence-electron chi connectivity index (χ2n) is 5.02. The molecule has 4 N–H and O–H groups in total. The van der Waals surface area contributed by atoms with Crippen molar-refractivity contribution in [2.45, 2.75) is 38.1 Å². The smallest absolute Gasteiger partial charge is 0.329 e. The van der Waals surface area contributed by atoms with Gasteiger partial charge in [-0.25, -0.2) is 4.79 Å². The summed E-state index contributed by atoms with van der Waals surface area (Å²) in [6.45, 7) is 1.67. The molecule has 0 aromatic carbocycles. The average Bonchev–Trinajstić information content (AvgIpc) is 2.86. The van der Waals surface area contributed by atoms with Crippen molar-refractivity contribution in [2.24, 2.45) is 12.8 Å². The lowest BCUT2D eigenvalue weighted by Gasteiger charge is -2.26. The summed E-state index contributed by atoms with van der Waals surface area (Å²) in [5.41, 5.74) is 5.07. The molecule has 0 aliphatic heterocycles. The molecule has 19 heavy (non-hydrogen) atoms. The number of aromatic nitrogens is 2. The van der Waals surface area contributed by atoms with Crippen LogP contribution >= 0.6 is 0 Å². The van der Waals surface area contributed by atoms with Crippen LogP contribution in [-0.2, 0) is 11.8 Å². The van der Waals surface area contributed by atoms with Crippen LogP contribution < -0.4 is 11.1 Å². The molecule has 7 nitrogen and oxygen atoms in total. The number of hydrogen-bond donors (Lipinski definition) is 3. The first-order chi connectivity index (χ1) is 8.87. The van der Waals surface area contributed by atoms with E-state index in [4.69, 9.17) is 5.73 Å². The third kappa shape index (κ3) is 2.16. The fraction of sp³-hybridized carbons (Fsp3) is 0.583. The van der Waals surface area contributed by atoms with Gasteiger partial charge < -0.3 is 16.2 Å². The van der Waals surface area contributed by atoms with E-state index in [0.717, 1.165) is 12.8 Å². The van der Waals surface area contributed by atoms with Gasteiger partial charge in [0, 0.05) is 7.05 Å². The van der Waals surface area contributed by atoms with E-state index < -0.39 is 17.4 Å². The summed E-state index contributed by atoms with van der Waals surface area (Å²) < 4.78 is 1.47. The van der Waals surface area contributed by atoms with Gasteiger partial charge in [-0.3, -0.25) is 9.48 Å². The van der Waals surface area contributed by atoms with E-state index in [9.17, 15) is 14.7 Å². The van der Waals surface area contributed by atoms with Crippen LogP contribution in [0.25, 0.3) is 0 Å². The Labute approximate surface area is 110 Å². The van der Waals surface area contributed by atoms with Gasteiger partial charge in [0.1, 0.15) is 16.9 Å². The van der Waals surface area contributed by atoms with Gasteiger partial charge in [0.2, 0.25) is 0 Å². The minimum Gasteiger partial charge on any atom is -0.480 e. The molecule has 2 rings (SSSR count). The van der Waals surface area contributed by atoms with Crippen LogP contribution in [0.15, 0.2) is 0 Å². The van der Waals surface area contributed by atoms with E-state index in [0.29, 0.717) is 24.4 Å². The fourth-order valence-electron chi connectivity index (χ4n) is 2.69. The maximum absolute atomic E-state index is 11.5. The SMILES string of the molecule is Cc1nn(C)c(NC2(C(=O)O)CCCC2)c1C(N)=O. The van der Waals surface area contributed by atoms with E-state index >= 15 is 0 Å². The predicted octanol–water partition coefficient (Wildman–Crippen LogP) is 0.637. The Morgan fingerprint density at radius 1 is 1.42 bits per heavy atom. The molecule has 1 heterocycles. The van der Waals surface area contributed by atoms with Gasteiger partial charge in [-0.05, 0) is 19.8 Å². The highest BCUT2D eigenvalue weighted by molar-refractivity contribution is 5.99. The number of carboxylic acid groups (broad SMARTS) is 1.